The number of fused-ring (bicyclic) bond motifs is 2. The van der Waals surface area contributed by atoms with Gasteiger partial charge in [0.1, 0.15) is 17.8 Å². The Hall–Kier alpha value is -0.120. The van der Waals surface area contributed by atoms with Gasteiger partial charge in [0.25, 0.3) is 0 Å². The van der Waals surface area contributed by atoms with Crippen molar-refractivity contribution >= 4 is 0 Å². The molecule has 0 radical (unpaired) electrons. The SMILES string of the molecule is [2H]C(C)[C@@]12CO[C@@H](CO1)[C@@H]2O. The van der Waals surface area contributed by atoms with Crippen LogP contribution in [-0.4, -0.2) is 36.1 Å². The van der Waals surface area contributed by atoms with Gasteiger partial charge in [-0.25, -0.2) is 0 Å². The summed E-state index contributed by atoms with van der Waals surface area (Å²) < 4.78 is 18.1. The van der Waals surface area contributed by atoms with E-state index in [0.29, 0.717) is 13.2 Å². The molecule has 0 spiro atoms. The fourth-order valence-electron chi connectivity index (χ4n) is 1.57. The summed E-state index contributed by atoms with van der Waals surface area (Å²) in [6, 6.07) is 0. The zero-order valence-electron chi connectivity index (χ0n) is 6.91. The lowest BCUT2D eigenvalue weighted by Gasteiger charge is -2.25. The molecule has 0 aromatic carbocycles. The molecule has 2 fully saturated rings. The van der Waals surface area contributed by atoms with Gasteiger partial charge in [-0.1, -0.05) is 6.92 Å². The molecule has 0 amide bonds. The number of hydrogen-bond donors (Lipinski definition) is 1. The van der Waals surface area contributed by atoms with Crippen LogP contribution < -0.4 is 0 Å². The molecule has 58 valence electrons. The first-order valence-corrected chi connectivity index (χ1v) is 3.53. The van der Waals surface area contributed by atoms with E-state index in [4.69, 9.17) is 10.8 Å². The van der Waals surface area contributed by atoms with Gasteiger partial charge in [0.2, 0.25) is 0 Å². The summed E-state index contributed by atoms with van der Waals surface area (Å²) in [4.78, 5) is 0. The highest BCUT2D eigenvalue weighted by Gasteiger charge is 2.54. The van der Waals surface area contributed by atoms with Crippen LogP contribution in [0.2, 0.25) is 0 Å². The fourth-order valence-corrected chi connectivity index (χ4v) is 1.57. The molecule has 0 aromatic heterocycles. The second kappa shape index (κ2) is 1.94. The first-order chi connectivity index (χ1) is 5.17. The van der Waals surface area contributed by atoms with Crippen LogP contribution in [-0.2, 0) is 9.47 Å². The average molecular weight is 145 g/mol. The van der Waals surface area contributed by atoms with Crippen molar-refractivity contribution in [1.29, 1.82) is 0 Å². The molecule has 2 aliphatic rings. The van der Waals surface area contributed by atoms with E-state index in [1.807, 2.05) is 0 Å². The smallest absolute Gasteiger partial charge is 0.120 e. The van der Waals surface area contributed by atoms with Crippen LogP contribution in [0.15, 0.2) is 0 Å². The molecule has 2 rings (SSSR count). The molecular formula is C7H12O3. The van der Waals surface area contributed by atoms with Crippen LogP contribution in [0.1, 0.15) is 14.7 Å². The van der Waals surface area contributed by atoms with Gasteiger partial charge in [0.15, 0.2) is 0 Å². The minimum Gasteiger partial charge on any atom is -0.387 e. The summed E-state index contributed by atoms with van der Waals surface area (Å²) in [7, 11) is 0. The van der Waals surface area contributed by atoms with Gasteiger partial charge in [0, 0.05) is 1.37 Å². The topological polar surface area (TPSA) is 38.7 Å². The quantitative estimate of drug-likeness (QED) is 0.561. The van der Waals surface area contributed by atoms with Crippen LogP contribution in [0.5, 0.6) is 0 Å². The Morgan fingerprint density at radius 1 is 1.90 bits per heavy atom. The number of aliphatic hydroxyl groups is 1. The highest BCUT2D eigenvalue weighted by atomic mass is 16.6. The third-order valence-electron chi connectivity index (χ3n) is 2.38. The van der Waals surface area contributed by atoms with Crippen molar-refractivity contribution in [1.82, 2.24) is 0 Å². The Morgan fingerprint density at radius 2 is 2.70 bits per heavy atom. The number of aliphatic hydroxyl groups excluding tert-OH is 1. The van der Waals surface area contributed by atoms with Gasteiger partial charge < -0.3 is 14.6 Å². The van der Waals surface area contributed by atoms with Crippen LogP contribution >= 0.6 is 0 Å². The van der Waals surface area contributed by atoms with Crippen LogP contribution in [0.4, 0.5) is 0 Å². The summed E-state index contributed by atoms with van der Waals surface area (Å²) in [5.41, 5.74) is -0.731. The van der Waals surface area contributed by atoms with Gasteiger partial charge in [-0.05, 0) is 6.40 Å². The summed E-state index contributed by atoms with van der Waals surface area (Å²) >= 11 is 0. The molecule has 2 bridgehead atoms. The van der Waals surface area contributed by atoms with Crippen LogP contribution in [0.25, 0.3) is 0 Å². The van der Waals surface area contributed by atoms with Gasteiger partial charge in [-0.15, -0.1) is 0 Å². The third-order valence-corrected chi connectivity index (χ3v) is 2.38. The minimum absolute atomic E-state index is 0.192. The van der Waals surface area contributed by atoms with Crippen molar-refractivity contribution in [3.8, 4) is 0 Å². The fraction of sp³-hybridized carbons (Fsp3) is 1.00. The molecule has 0 aromatic rings. The predicted octanol–water partition coefficient (Wildman–Crippen LogP) is -0.0749. The Labute approximate surface area is 61.3 Å². The standard InChI is InChI=1S/C7H12O3/c1-2-7-4-9-5(3-10-7)6(7)8/h5-6,8H,2-4H2,1H3/t5-,6-,7-/m0/s1/i2D/t2?,5-,6-,7-. The summed E-state index contributed by atoms with van der Waals surface area (Å²) in [6.45, 7) is 2.52. The lowest BCUT2D eigenvalue weighted by Crippen LogP contribution is -2.39. The number of rotatable bonds is 1. The van der Waals surface area contributed by atoms with Crippen molar-refractivity contribution in [2.24, 2.45) is 0 Å². The molecule has 2 heterocycles. The van der Waals surface area contributed by atoms with E-state index in [-0.39, 0.29) is 6.10 Å². The van der Waals surface area contributed by atoms with Crippen LogP contribution in [0, 0.1) is 0 Å². The molecule has 10 heavy (non-hydrogen) atoms. The van der Waals surface area contributed by atoms with E-state index in [1.54, 1.807) is 6.92 Å². The molecule has 3 nitrogen and oxygen atoms in total. The first kappa shape index (κ1) is 5.52. The van der Waals surface area contributed by atoms with Crippen molar-refractivity contribution in [3.05, 3.63) is 0 Å². The minimum atomic E-state index is -0.731. The number of hydrogen-bond acceptors (Lipinski definition) is 3. The second-order valence-electron chi connectivity index (χ2n) is 2.85. The Morgan fingerprint density at radius 3 is 2.90 bits per heavy atom. The van der Waals surface area contributed by atoms with E-state index in [1.165, 1.54) is 0 Å². The molecule has 0 aliphatic carbocycles. The van der Waals surface area contributed by atoms with Gasteiger partial charge in [-0.3, -0.25) is 0 Å². The highest BCUT2D eigenvalue weighted by Crippen LogP contribution is 2.37. The Kier molecular flexibility index (Phi) is 1.07. The van der Waals surface area contributed by atoms with Crippen molar-refractivity contribution in [3.63, 3.8) is 0 Å². The maximum Gasteiger partial charge on any atom is 0.120 e. The maximum atomic E-state index is 9.58. The molecule has 1 N–H and O–H groups in total. The van der Waals surface area contributed by atoms with Crippen LogP contribution in [0.3, 0.4) is 0 Å². The van der Waals surface area contributed by atoms with Gasteiger partial charge in [-0.2, -0.15) is 0 Å². The highest BCUT2D eigenvalue weighted by molar-refractivity contribution is 5.02. The largest absolute Gasteiger partial charge is 0.387 e. The van der Waals surface area contributed by atoms with Gasteiger partial charge >= 0.3 is 0 Å². The molecule has 2 saturated heterocycles. The lowest BCUT2D eigenvalue weighted by atomic mass is 9.97. The predicted molar refractivity (Wildman–Crippen MR) is 34.7 cm³/mol. The molecule has 2 aliphatic heterocycles. The van der Waals surface area contributed by atoms with E-state index >= 15 is 0 Å². The van der Waals surface area contributed by atoms with Gasteiger partial charge in [0.05, 0.1) is 13.2 Å². The van der Waals surface area contributed by atoms with Crippen molar-refractivity contribution in [2.75, 3.05) is 13.2 Å². The lowest BCUT2D eigenvalue weighted by molar-refractivity contribution is -0.102. The summed E-state index contributed by atoms with van der Waals surface area (Å²) in [5.74, 6) is 0. The molecule has 4 atom stereocenters. The van der Waals surface area contributed by atoms with E-state index in [9.17, 15) is 5.11 Å². The monoisotopic (exact) mass is 145 g/mol. The first-order valence-electron chi connectivity index (χ1n) is 4.10. The Bertz CT molecular complexity index is 163. The van der Waals surface area contributed by atoms with E-state index in [0.717, 1.165) is 0 Å². The molecule has 0 saturated carbocycles. The third kappa shape index (κ3) is 0.603. The summed E-state index contributed by atoms with van der Waals surface area (Å²) in [6.07, 6.45) is -1.22. The Balaban J connectivity index is 2.24. The zero-order chi connectivity index (χ0) is 8.06. The van der Waals surface area contributed by atoms with E-state index in [2.05, 4.69) is 0 Å². The zero-order valence-corrected chi connectivity index (χ0v) is 5.91. The maximum absolute atomic E-state index is 9.58. The normalized spacial score (nSPS) is 56.8. The van der Waals surface area contributed by atoms with Crippen molar-refractivity contribution in [2.45, 2.75) is 31.1 Å². The van der Waals surface area contributed by atoms with E-state index < -0.39 is 18.1 Å². The van der Waals surface area contributed by atoms with Crippen molar-refractivity contribution < 1.29 is 16.0 Å². The molecule has 3 heteroatoms. The second-order valence-corrected chi connectivity index (χ2v) is 2.85. The molecule has 1 unspecified atom stereocenters. The summed E-state index contributed by atoms with van der Waals surface area (Å²) in [5, 5.41) is 9.58. The average Bonchev–Trinajstić information content (AvgIpc) is 2.46. The molecular weight excluding hydrogens is 132 g/mol. The number of ether oxygens (including phenoxy) is 2.